The fourth-order valence-corrected chi connectivity index (χ4v) is 2.93. The molecular weight excluding hydrogens is 262 g/mol. The minimum atomic E-state index is -0.0931. The van der Waals surface area contributed by atoms with Crippen molar-refractivity contribution in [3.63, 3.8) is 0 Å². The largest absolute Gasteiger partial charge is 0.345 e. The molecule has 0 radical (unpaired) electrons. The minimum absolute atomic E-state index is 0.0931. The molecule has 4 heteroatoms. The number of anilines is 1. The number of hydrogen-bond donors (Lipinski definition) is 2. The Hall–Kier alpha value is -2.62. The first-order chi connectivity index (χ1) is 10.3. The van der Waals surface area contributed by atoms with Crippen LogP contribution in [-0.2, 0) is 12.8 Å². The molecule has 0 spiro atoms. The van der Waals surface area contributed by atoms with Crippen molar-refractivity contribution in [3.05, 3.63) is 59.4 Å². The van der Waals surface area contributed by atoms with Gasteiger partial charge in [0.25, 0.3) is 5.91 Å². The predicted octanol–water partition coefficient (Wildman–Crippen LogP) is 3.30. The number of rotatable bonds is 2. The second-order valence-electron chi connectivity index (χ2n) is 5.43. The van der Waals surface area contributed by atoms with Gasteiger partial charge in [-0.3, -0.25) is 4.79 Å². The van der Waals surface area contributed by atoms with Crippen molar-refractivity contribution in [2.75, 3.05) is 5.32 Å². The molecule has 1 heterocycles. The van der Waals surface area contributed by atoms with Gasteiger partial charge in [-0.2, -0.15) is 0 Å². The Balaban J connectivity index is 1.60. The van der Waals surface area contributed by atoms with E-state index < -0.39 is 0 Å². The molecule has 1 aromatic heterocycles. The maximum atomic E-state index is 12.3. The Morgan fingerprint density at radius 2 is 2.00 bits per heavy atom. The molecule has 4 nitrogen and oxygen atoms in total. The number of benzene rings is 2. The van der Waals surface area contributed by atoms with E-state index in [0.717, 1.165) is 29.6 Å². The monoisotopic (exact) mass is 277 g/mol. The third-order valence-electron chi connectivity index (χ3n) is 4.04. The second-order valence-corrected chi connectivity index (χ2v) is 5.43. The minimum Gasteiger partial charge on any atom is -0.345 e. The van der Waals surface area contributed by atoms with Crippen LogP contribution in [0.4, 0.5) is 5.69 Å². The summed E-state index contributed by atoms with van der Waals surface area (Å²) >= 11 is 0. The van der Waals surface area contributed by atoms with Crippen molar-refractivity contribution < 1.29 is 4.79 Å². The number of carbonyl (C=O) groups is 1. The first kappa shape index (κ1) is 12.1. The molecule has 1 aliphatic carbocycles. The van der Waals surface area contributed by atoms with Crippen LogP contribution in [-0.4, -0.2) is 15.9 Å². The van der Waals surface area contributed by atoms with Crippen LogP contribution in [0.25, 0.3) is 11.0 Å². The Kier molecular flexibility index (Phi) is 2.74. The molecule has 4 rings (SSSR count). The molecule has 2 N–H and O–H groups in total. The van der Waals surface area contributed by atoms with Gasteiger partial charge in [-0.05, 0) is 60.7 Å². The van der Waals surface area contributed by atoms with Crippen molar-refractivity contribution >= 4 is 22.6 Å². The van der Waals surface area contributed by atoms with E-state index in [1.165, 1.54) is 17.5 Å². The first-order valence-corrected chi connectivity index (χ1v) is 7.16. The average molecular weight is 277 g/mol. The van der Waals surface area contributed by atoms with E-state index in [-0.39, 0.29) is 5.91 Å². The van der Waals surface area contributed by atoms with Crippen LogP contribution < -0.4 is 5.32 Å². The van der Waals surface area contributed by atoms with Crippen molar-refractivity contribution in [1.82, 2.24) is 9.97 Å². The van der Waals surface area contributed by atoms with E-state index in [9.17, 15) is 4.79 Å². The Morgan fingerprint density at radius 1 is 1.10 bits per heavy atom. The second kappa shape index (κ2) is 4.74. The zero-order valence-corrected chi connectivity index (χ0v) is 11.5. The van der Waals surface area contributed by atoms with E-state index in [1.807, 2.05) is 18.2 Å². The molecule has 0 aliphatic heterocycles. The lowest BCUT2D eigenvalue weighted by molar-refractivity contribution is 0.102. The maximum Gasteiger partial charge on any atom is 0.255 e. The molecule has 2 aromatic carbocycles. The van der Waals surface area contributed by atoms with Gasteiger partial charge in [-0.15, -0.1) is 0 Å². The molecule has 1 amide bonds. The van der Waals surface area contributed by atoms with Crippen LogP contribution >= 0.6 is 0 Å². The summed E-state index contributed by atoms with van der Waals surface area (Å²) in [5.74, 6) is -0.0931. The smallest absolute Gasteiger partial charge is 0.255 e. The Bertz CT molecular complexity index is 835. The van der Waals surface area contributed by atoms with Crippen LogP contribution in [0.2, 0.25) is 0 Å². The van der Waals surface area contributed by atoms with E-state index in [4.69, 9.17) is 0 Å². The highest BCUT2D eigenvalue weighted by atomic mass is 16.1. The number of aromatic nitrogens is 2. The molecular formula is C17H15N3O. The van der Waals surface area contributed by atoms with Gasteiger partial charge in [0.1, 0.15) is 0 Å². The van der Waals surface area contributed by atoms with E-state index in [0.29, 0.717) is 5.56 Å². The maximum absolute atomic E-state index is 12.3. The van der Waals surface area contributed by atoms with E-state index in [2.05, 4.69) is 27.4 Å². The van der Waals surface area contributed by atoms with Gasteiger partial charge in [0.15, 0.2) is 0 Å². The molecule has 0 saturated heterocycles. The van der Waals surface area contributed by atoms with Crippen molar-refractivity contribution in [3.8, 4) is 0 Å². The number of aromatic amines is 1. The highest BCUT2D eigenvalue weighted by Gasteiger charge is 2.13. The Morgan fingerprint density at radius 3 is 2.95 bits per heavy atom. The SMILES string of the molecule is O=C(Nc1ccc2c(c1)CCC2)c1ccc2nc[nH]c2c1. The third kappa shape index (κ3) is 2.18. The molecule has 0 fully saturated rings. The summed E-state index contributed by atoms with van der Waals surface area (Å²) < 4.78 is 0. The van der Waals surface area contributed by atoms with Crippen LogP contribution in [0.1, 0.15) is 27.9 Å². The summed E-state index contributed by atoms with van der Waals surface area (Å²) in [5.41, 5.74) is 6.00. The number of aryl methyl sites for hydroxylation is 2. The first-order valence-electron chi connectivity index (χ1n) is 7.16. The van der Waals surface area contributed by atoms with Gasteiger partial charge in [0.05, 0.1) is 17.4 Å². The van der Waals surface area contributed by atoms with Gasteiger partial charge < -0.3 is 10.3 Å². The standard InChI is InChI=1S/C17H15N3O/c21-17(13-5-7-15-16(9-13)19-10-18-15)20-14-6-4-11-2-1-3-12(11)8-14/h4-10H,1-3H2,(H,18,19)(H,20,21). The van der Waals surface area contributed by atoms with E-state index >= 15 is 0 Å². The summed E-state index contributed by atoms with van der Waals surface area (Å²) in [6, 6.07) is 11.7. The number of imidazole rings is 1. The zero-order valence-electron chi connectivity index (χ0n) is 11.5. The highest BCUT2D eigenvalue weighted by molar-refractivity contribution is 6.05. The quantitative estimate of drug-likeness (QED) is 0.755. The summed E-state index contributed by atoms with van der Waals surface area (Å²) in [4.78, 5) is 19.5. The number of hydrogen-bond acceptors (Lipinski definition) is 2. The van der Waals surface area contributed by atoms with Crippen LogP contribution in [0.15, 0.2) is 42.7 Å². The zero-order chi connectivity index (χ0) is 14.2. The van der Waals surface area contributed by atoms with Gasteiger partial charge in [-0.25, -0.2) is 4.98 Å². The summed E-state index contributed by atoms with van der Waals surface area (Å²) in [5, 5.41) is 2.97. The van der Waals surface area contributed by atoms with Gasteiger partial charge in [-0.1, -0.05) is 6.07 Å². The van der Waals surface area contributed by atoms with Gasteiger partial charge >= 0.3 is 0 Å². The summed E-state index contributed by atoms with van der Waals surface area (Å²) in [6.07, 6.45) is 5.11. The summed E-state index contributed by atoms with van der Waals surface area (Å²) in [7, 11) is 0. The molecule has 0 atom stereocenters. The van der Waals surface area contributed by atoms with Crippen LogP contribution in [0.3, 0.4) is 0 Å². The molecule has 1 aliphatic rings. The number of carbonyl (C=O) groups excluding carboxylic acids is 1. The van der Waals surface area contributed by atoms with E-state index in [1.54, 1.807) is 12.4 Å². The molecule has 0 bridgehead atoms. The molecule has 0 unspecified atom stereocenters. The topological polar surface area (TPSA) is 57.8 Å². The number of H-pyrrole nitrogens is 1. The van der Waals surface area contributed by atoms with Crippen LogP contribution in [0.5, 0.6) is 0 Å². The molecule has 3 aromatic rings. The Labute approximate surface area is 122 Å². The predicted molar refractivity (Wildman–Crippen MR) is 82.5 cm³/mol. The van der Waals surface area contributed by atoms with Gasteiger partial charge in [0.2, 0.25) is 0 Å². The number of nitrogens with one attached hydrogen (secondary N) is 2. The number of nitrogens with zero attached hydrogens (tertiary/aromatic N) is 1. The number of amides is 1. The van der Waals surface area contributed by atoms with Crippen molar-refractivity contribution in [1.29, 1.82) is 0 Å². The van der Waals surface area contributed by atoms with Gasteiger partial charge in [0, 0.05) is 11.3 Å². The van der Waals surface area contributed by atoms with Crippen LogP contribution in [0, 0.1) is 0 Å². The molecule has 0 saturated carbocycles. The van der Waals surface area contributed by atoms with Crippen molar-refractivity contribution in [2.45, 2.75) is 19.3 Å². The molecule has 21 heavy (non-hydrogen) atoms. The average Bonchev–Trinajstić information content (AvgIpc) is 3.14. The third-order valence-corrected chi connectivity index (χ3v) is 4.04. The fourth-order valence-electron chi connectivity index (χ4n) is 2.93. The highest BCUT2D eigenvalue weighted by Crippen LogP contribution is 2.25. The lowest BCUT2D eigenvalue weighted by Crippen LogP contribution is -2.12. The summed E-state index contributed by atoms with van der Waals surface area (Å²) in [6.45, 7) is 0. The fraction of sp³-hybridized carbons (Fsp3) is 0.176. The van der Waals surface area contributed by atoms with Crippen molar-refractivity contribution in [2.24, 2.45) is 0 Å². The lowest BCUT2D eigenvalue weighted by Gasteiger charge is -2.07. The normalized spacial score (nSPS) is 13.3. The molecule has 104 valence electrons. The lowest BCUT2D eigenvalue weighted by atomic mass is 10.1. The number of fused-ring (bicyclic) bond motifs is 2.